The predicted molar refractivity (Wildman–Crippen MR) is 104 cm³/mol. The van der Waals surface area contributed by atoms with Crippen LogP contribution < -0.4 is 11.2 Å². The Bertz CT molecular complexity index is 942. The van der Waals surface area contributed by atoms with E-state index in [0.717, 1.165) is 5.56 Å². The molecular weight excluding hydrogens is 365 g/mol. The summed E-state index contributed by atoms with van der Waals surface area (Å²) >= 11 is 1.17. The van der Waals surface area contributed by atoms with Crippen molar-refractivity contribution in [2.75, 3.05) is 5.84 Å². The highest BCUT2D eigenvalue weighted by atomic mass is 32.2. The van der Waals surface area contributed by atoms with Gasteiger partial charge in [0.2, 0.25) is 11.1 Å². The van der Waals surface area contributed by atoms with E-state index in [2.05, 4.69) is 15.5 Å². The average Bonchev–Trinajstić information content (AvgIpc) is 3.01. The largest absolute Gasteiger partial charge is 0.351 e. The Morgan fingerprint density at radius 1 is 1.22 bits per heavy atom. The number of rotatable bonds is 6. The quantitative estimate of drug-likeness (QED) is 0.503. The van der Waals surface area contributed by atoms with Crippen LogP contribution >= 0.6 is 11.8 Å². The average molecular weight is 385 g/mol. The zero-order valence-corrected chi connectivity index (χ0v) is 15.8. The summed E-state index contributed by atoms with van der Waals surface area (Å²) in [4.78, 5) is 12.3. The second-order valence-corrected chi connectivity index (χ2v) is 7.43. The second kappa shape index (κ2) is 8.22. The van der Waals surface area contributed by atoms with Crippen LogP contribution in [0.5, 0.6) is 0 Å². The maximum atomic E-state index is 13.9. The summed E-state index contributed by atoms with van der Waals surface area (Å²) in [5, 5.41) is 10.7. The van der Waals surface area contributed by atoms with E-state index in [1.807, 2.05) is 31.2 Å². The number of carbonyl (C=O) groups excluding carboxylic acids is 1. The lowest BCUT2D eigenvalue weighted by Gasteiger charge is -2.12. The van der Waals surface area contributed by atoms with Crippen molar-refractivity contribution >= 4 is 17.7 Å². The van der Waals surface area contributed by atoms with Crippen LogP contribution in [0.25, 0.3) is 11.4 Å². The fourth-order valence-electron chi connectivity index (χ4n) is 2.43. The Labute approximate surface area is 161 Å². The third-order valence-electron chi connectivity index (χ3n) is 4.02. The molecule has 140 valence electrons. The molecule has 27 heavy (non-hydrogen) atoms. The number of amides is 1. The molecule has 3 N–H and O–H groups in total. The maximum Gasteiger partial charge on any atom is 0.233 e. The highest BCUT2D eigenvalue weighted by Crippen LogP contribution is 2.26. The summed E-state index contributed by atoms with van der Waals surface area (Å²) in [7, 11) is 0. The number of benzene rings is 2. The number of nitrogen functional groups attached to an aromatic ring is 1. The third kappa shape index (κ3) is 4.46. The molecule has 1 atom stereocenters. The van der Waals surface area contributed by atoms with Crippen molar-refractivity contribution in [3.05, 3.63) is 65.5 Å². The van der Waals surface area contributed by atoms with Gasteiger partial charge in [0, 0.05) is 6.54 Å². The second-order valence-electron chi connectivity index (χ2n) is 6.12. The summed E-state index contributed by atoms with van der Waals surface area (Å²) in [5.41, 5.74) is 2.45. The Kier molecular flexibility index (Phi) is 5.75. The highest BCUT2D eigenvalue weighted by Gasteiger charge is 2.20. The van der Waals surface area contributed by atoms with E-state index >= 15 is 0 Å². The minimum Gasteiger partial charge on any atom is -0.351 e. The van der Waals surface area contributed by atoms with Gasteiger partial charge in [-0.25, -0.2) is 9.07 Å². The third-order valence-corrected chi connectivity index (χ3v) is 5.07. The van der Waals surface area contributed by atoms with Crippen molar-refractivity contribution in [1.82, 2.24) is 20.2 Å². The van der Waals surface area contributed by atoms with Crippen molar-refractivity contribution in [2.45, 2.75) is 30.8 Å². The molecule has 0 aliphatic carbocycles. The minimum atomic E-state index is -0.435. The molecule has 0 saturated heterocycles. The Balaban J connectivity index is 1.64. The number of aromatic nitrogens is 3. The first-order valence-corrected chi connectivity index (χ1v) is 9.29. The monoisotopic (exact) mass is 385 g/mol. The van der Waals surface area contributed by atoms with Gasteiger partial charge in [0.15, 0.2) is 5.82 Å². The van der Waals surface area contributed by atoms with Gasteiger partial charge in [-0.1, -0.05) is 53.7 Å². The molecule has 2 aromatic carbocycles. The van der Waals surface area contributed by atoms with E-state index in [9.17, 15) is 9.18 Å². The number of hydrogen-bond acceptors (Lipinski definition) is 5. The van der Waals surface area contributed by atoms with E-state index in [-0.39, 0.29) is 17.3 Å². The van der Waals surface area contributed by atoms with E-state index < -0.39 is 11.1 Å². The smallest absolute Gasteiger partial charge is 0.233 e. The SMILES string of the molecule is Cc1ccc(CNC(=O)C(C)Sc2nnc(-c3ccccc3F)n2N)cc1. The van der Waals surface area contributed by atoms with Gasteiger partial charge >= 0.3 is 0 Å². The highest BCUT2D eigenvalue weighted by molar-refractivity contribution is 8.00. The molecule has 0 aliphatic rings. The molecule has 6 nitrogen and oxygen atoms in total. The van der Waals surface area contributed by atoms with Gasteiger partial charge in [-0.15, -0.1) is 10.2 Å². The van der Waals surface area contributed by atoms with Crippen LogP contribution in [-0.4, -0.2) is 26.0 Å². The van der Waals surface area contributed by atoms with Gasteiger partial charge in [0.25, 0.3) is 0 Å². The van der Waals surface area contributed by atoms with Crippen LogP contribution in [0, 0.1) is 12.7 Å². The van der Waals surface area contributed by atoms with Crippen LogP contribution in [-0.2, 0) is 11.3 Å². The van der Waals surface area contributed by atoms with E-state index in [0.29, 0.717) is 11.7 Å². The normalized spacial score (nSPS) is 12.0. The van der Waals surface area contributed by atoms with Gasteiger partial charge in [-0.05, 0) is 31.5 Å². The number of aryl methyl sites for hydroxylation is 1. The first-order chi connectivity index (χ1) is 13.0. The van der Waals surface area contributed by atoms with Gasteiger partial charge in [-0.2, -0.15) is 0 Å². The molecule has 1 unspecified atom stereocenters. The summed E-state index contributed by atoms with van der Waals surface area (Å²) in [6, 6.07) is 14.1. The summed E-state index contributed by atoms with van der Waals surface area (Å²) in [6.07, 6.45) is 0. The Morgan fingerprint density at radius 3 is 2.63 bits per heavy atom. The van der Waals surface area contributed by atoms with Gasteiger partial charge in [0.05, 0.1) is 10.8 Å². The van der Waals surface area contributed by atoms with Crippen LogP contribution in [0.4, 0.5) is 4.39 Å². The fraction of sp³-hybridized carbons (Fsp3) is 0.211. The predicted octanol–water partition coefficient (Wildman–Crippen LogP) is 2.90. The van der Waals surface area contributed by atoms with E-state index in [4.69, 9.17) is 5.84 Å². The number of carbonyl (C=O) groups is 1. The lowest BCUT2D eigenvalue weighted by atomic mass is 10.1. The first-order valence-electron chi connectivity index (χ1n) is 8.41. The van der Waals surface area contributed by atoms with Crippen molar-refractivity contribution in [3.8, 4) is 11.4 Å². The fourth-order valence-corrected chi connectivity index (χ4v) is 3.23. The number of nitrogens with one attached hydrogen (secondary N) is 1. The molecule has 0 spiro atoms. The molecular formula is C19H20FN5OS. The molecule has 1 heterocycles. The molecule has 8 heteroatoms. The number of hydrogen-bond donors (Lipinski definition) is 2. The molecule has 1 amide bonds. The lowest BCUT2D eigenvalue weighted by Crippen LogP contribution is -2.30. The molecule has 0 saturated carbocycles. The number of thioether (sulfide) groups is 1. The van der Waals surface area contributed by atoms with Crippen LogP contribution in [0.2, 0.25) is 0 Å². The van der Waals surface area contributed by atoms with Crippen LogP contribution in [0.3, 0.4) is 0 Å². The number of nitrogens with two attached hydrogens (primary N) is 1. The minimum absolute atomic E-state index is 0.143. The van der Waals surface area contributed by atoms with Crippen molar-refractivity contribution < 1.29 is 9.18 Å². The zero-order chi connectivity index (χ0) is 19.4. The topological polar surface area (TPSA) is 85.8 Å². The molecule has 0 bridgehead atoms. The molecule has 3 aromatic rings. The first kappa shape index (κ1) is 18.9. The Morgan fingerprint density at radius 2 is 1.93 bits per heavy atom. The van der Waals surface area contributed by atoms with Gasteiger partial charge in [-0.3, -0.25) is 4.79 Å². The summed E-state index contributed by atoms with van der Waals surface area (Å²) in [5.74, 6) is 5.64. The van der Waals surface area contributed by atoms with Crippen molar-refractivity contribution in [2.24, 2.45) is 0 Å². The molecule has 0 fully saturated rings. The number of nitrogens with zero attached hydrogens (tertiary/aromatic N) is 3. The lowest BCUT2D eigenvalue weighted by molar-refractivity contribution is -0.120. The standard InChI is InChI=1S/C19H20FN5OS/c1-12-7-9-14(10-8-12)11-22-18(26)13(2)27-19-24-23-17(25(19)21)15-5-3-4-6-16(15)20/h3-10,13H,11,21H2,1-2H3,(H,22,26). The maximum absolute atomic E-state index is 13.9. The molecule has 0 radical (unpaired) electrons. The van der Waals surface area contributed by atoms with Crippen LogP contribution in [0.1, 0.15) is 18.1 Å². The Hall–Kier alpha value is -2.87. The zero-order valence-electron chi connectivity index (χ0n) is 15.0. The van der Waals surface area contributed by atoms with Crippen molar-refractivity contribution in [1.29, 1.82) is 0 Å². The number of halogens is 1. The summed E-state index contributed by atoms with van der Waals surface area (Å²) in [6.45, 7) is 4.21. The van der Waals surface area contributed by atoms with Crippen molar-refractivity contribution in [3.63, 3.8) is 0 Å². The van der Waals surface area contributed by atoms with Gasteiger partial charge < -0.3 is 11.2 Å². The summed E-state index contributed by atoms with van der Waals surface area (Å²) < 4.78 is 15.1. The van der Waals surface area contributed by atoms with Crippen LogP contribution in [0.15, 0.2) is 53.7 Å². The van der Waals surface area contributed by atoms with E-state index in [1.165, 1.54) is 28.1 Å². The van der Waals surface area contributed by atoms with E-state index in [1.54, 1.807) is 25.1 Å². The molecule has 0 aliphatic heterocycles. The molecule has 3 rings (SSSR count). The molecule has 1 aromatic heterocycles. The van der Waals surface area contributed by atoms with Gasteiger partial charge in [0.1, 0.15) is 5.82 Å².